The Morgan fingerprint density at radius 1 is 1.36 bits per heavy atom. The summed E-state index contributed by atoms with van der Waals surface area (Å²) in [6.07, 6.45) is 4.60. The minimum Gasteiger partial charge on any atom is -0.393 e. The Labute approximate surface area is 85.8 Å². The van der Waals surface area contributed by atoms with Crippen LogP contribution in [-0.2, 0) is 6.42 Å². The normalized spacial score (nSPS) is 19.0. The quantitative estimate of drug-likeness (QED) is 0.777. The molecular formula is C13H18O. The van der Waals surface area contributed by atoms with Gasteiger partial charge >= 0.3 is 0 Å². The highest BCUT2D eigenvalue weighted by molar-refractivity contribution is 5.32. The molecule has 1 aliphatic carbocycles. The zero-order valence-electron chi connectivity index (χ0n) is 8.74. The van der Waals surface area contributed by atoms with E-state index in [0.29, 0.717) is 0 Å². The average Bonchev–Trinajstić information content (AvgIpc) is 2.04. The zero-order valence-corrected chi connectivity index (χ0v) is 8.74. The SMILES string of the molecule is CC(O)Cc1ccccc1C1CCC1. The summed E-state index contributed by atoms with van der Waals surface area (Å²) in [5, 5.41) is 9.40. The lowest BCUT2D eigenvalue weighted by Gasteiger charge is -2.28. The van der Waals surface area contributed by atoms with Gasteiger partial charge in [-0.3, -0.25) is 0 Å². The topological polar surface area (TPSA) is 20.2 Å². The fourth-order valence-corrected chi connectivity index (χ4v) is 2.16. The van der Waals surface area contributed by atoms with Crippen LogP contribution in [0.3, 0.4) is 0 Å². The molecule has 1 N–H and O–H groups in total. The van der Waals surface area contributed by atoms with Gasteiger partial charge in [0.25, 0.3) is 0 Å². The van der Waals surface area contributed by atoms with Crippen LogP contribution in [0.1, 0.15) is 43.2 Å². The van der Waals surface area contributed by atoms with Gasteiger partial charge in [0, 0.05) is 0 Å². The van der Waals surface area contributed by atoms with Gasteiger partial charge in [-0.1, -0.05) is 30.7 Å². The van der Waals surface area contributed by atoms with E-state index >= 15 is 0 Å². The molecule has 1 atom stereocenters. The summed E-state index contributed by atoms with van der Waals surface area (Å²) in [5.74, 6) is 0.768. The number of hydrogen-bond acceptors (Lipinski definition) is 1. The molecule has 76 valence electrons. The van der Waals surface area contributed by atoms with Crippen molar-refractivity contribution < 1.29 is 5.11 Å². The summed E-state index contributed by atoms with van der Waals surface area (Å²) in [7, 11) is 0. The highest BCUT2D eigenvalue weighted by Crippen LogP contribution is 2.38. The molecule has 1 nitrogen and oxygen atoms in total. The second kappa shape index (κ2) is 4.14. The molecular weight excluding hydrogens is 172 g/mol. The van der Waals surface area contributed by atoms with Gasteiger partial charge in [0.15, 0.2) is 0 Å². The summed E-state index contributed by atoms with van der Waals surface area (Å²) in [6.45, 7) is 1.86. The van der Waals surface area contributed by atoms with Crippen LogP contribution in [-0.4, -0.2) is 11.2 Å². The number of rotatable bonds is 3. The van der Waals surface area contributed by atoms with Crippen LogP contribution in [0.25, 0.3) is 0 Å². The van der Waals surface area contributed by atoms with Gasteiger partial charge in [0.05, 0.1) is 6.10 Å². The molecule has 0 aliphatic heterocycles. The van der Waals surface area contributed by atoms with Gasteiger partial charge in [0.2, 0.25) is 0 Å². The van der Waals surface area contributed by atoms with Crippen molar-refractivity contribution in [3.63, 3.8) is 0 Å². The van der Waals surface area contributed by atoms with Crippen molar-refractivity contribution in [3.8, 4) is 0 Å². The molecule has 2 rings (SSSR count). The second-order valence-corrected chi connectivity index (χ2v) is 4.38. The smallest absolute Gasteiger partial charge is 0.0552 e. The third kappa shape index (κ3) is 1.98. The van der Waals surface area contributed by atoms with Crippen LogP contribution in [0.15, 0.2) is 24.3 Å². The molecule has 14 heavy (non-hydrogen) atoms. The average molecular weight is 190 g/mol. The zero-order chi connectivity index (χ0) is 9.97. The van der Waals surface area contributed by atoms with Crippen LogP contribution in [0.2, 0.25) is 0 Å². The Balaban J connectivity index is 2.19. The molecule has 0 saturated heterocycles. The van der Waals surface area contributed by atoms with E-state index in [1.54, 1.807) is 0 Å². The molecule has 1 saturated carbocycles. The molecule has 1 unspecified atom stereocenters. The van der Waals surface area contributed by atoms with Crippen LogP contribution < -0.4 is 0 Å². The minimum absolute atomic E-state index is 0.226. The molecule has 1 aromatic rings. The standard InChI is InChI=1S/C13H18O/c1-10(14)9-12-5-2-3-8-13(12)11-6-4-7-11/h2-3,5,8,10-11,14H,4,6-7,9H2,1H3. The Hall–Kier alpha value is -0.820. The van der Waals surface area contributed by atoms with Gasteiger partial charge in [-0.15, -0.1) is 0 Å². The first kappa shape index (κ1) is 9.72. The fraction of sp³-hybridized carbons (Fsp3) is 0.538. The molecule has 0 spiro atoms. The predicted molar refractivity (Wildman–Crippen MR) is 58.4 cm³/mol. The highest BCUT2D eigenvalue weighted by atomic mass is 16.3. The van der Waals surface area contributed by atoms with E-state index in [2.05, 4.69) is 24.3 Å². The van der Waals surface area contributed by atoms with Crippen molar-refractivity contribution in [2.45, 2.75) is 44.6 Å². The number of benzene rings is 1. The molecule has 1 fully saturated rings. The van der Waals surface area contributed by atoms with Crippen molar-refractivity contribution in [2.75, 3.05) is 0 Å². The maximum absolute atomic E-state index is 9.40. The van der Waals surface area contributed by atoms with Crippen molar-refractivity contribution in [1.29, 1.82) is 0 Å². The van der Waals surface area contributed by atoms with Gasteiger partial charge in [-0.2, -0.15) is 0 Å². The first-order valence-electron chi connectivity index (χ1n) is 5.53. The fourth-order valence-electron chi connectivity index (χ4n) is 2.16. The Kier molecular flexibility index (Phi) is 2.87. The van der Waals surface area contributed by atoms with E-state index in [0.717, 1.165) is 12.3 Å². The Bertz CT molecular complexity index is 300. The summed E-state index contributed by atoms with van der Waals surface area (Å²) in [5.41, 5.74) is 2.81. The van der Waals surface area contributed by atoms with E-state index < -0.39 is 0 Å². The van der Waals surface area contributed by atoms with Crippen LogP contribution in [0.4, 0.5) is 0 Å². The first-order chi connectivity index (χ1) is 6.77. The molecule has 0 amide bonds. The lowest BCUT2D eigenvalue weighted by atomic mass is 9.77. The molecule has 1 aromatic carbocycles. The number of aliphatic hydroxyl groups excluding tert-OH is 1. The van der Waals surface area contributed by atoms with E-state index in [-0.39, 0.29) is 6.10 Å². The summed E-state index contributed by atoms with van der Waals surface area (Å²) < 4.78 is 0. The van der Waals surface area contributed by atoms with Gasteiger partial charge < -0.3 is 5.11 Å². The summed E-state index contributed by atoms with van der Waals surface area (Å²) in [6, 6.07) is 8.56. The maximum atomic E-state index is 9.40. The third-order valence-electron chi connectivity index (χ3n) is 3.12. The van der Waals surface area contributed by atoms with Crippen molar-refractivity contribution in [3.05, 3.63) is 35.4 Å². The van der Waals surface area contributed by atoms with E-state index in [1.165, 1.54) is 30.4 Å². The number of hydrogen-bond donors (Lipinski definition) is 1. The molecule has 1 aliphatic rings. The van der Waals surface area contributed by atoms with Crippen molar-refractivity contribution in [1.82, 2.24) is 0 Å². The first-order valence-corrected chi connectivity index (χ1v) is 5.53. The molecule has 0 heterocycles. The van der Waals surface area contributed by atoms with Gasteiger partial charge in [-0.25, -0.2) is 0 Å². The van der Waals surface area contributed by atoms with Crippen LogP contribution in [0, 0.1) is 0 Å². The maximum Gasteiger partial charge on any atom is 0.0552 e. The van der Waals surface area contributed by atoms with E-state index in [1.807, 2.05) is 6.92 Å². The van der Waals surface area contributed by atoms with E-state index in [9.17, 15) is 5.11 Å². The molecule has 1 heteroatoms. The van der Waals surface area contributed by atoms with E-state index in [4.69, 9.17) is 0 Å². The van der Waals surface area contributed by atoms with Gasteiger partial charge in [-0.05, 0) is 43.2 Å². The van der Waals surface area contributed by atoms with Crippen LogP contribution >= 0.6 is 0 Å². The second-order valence-electron chi connectivity index (χ2n) is 4.38. The number of aliphatic hydroxyl groups is 1. The molecule has 0 radical (unpaired) electrons. The largest absolute Gasteiger partial charge is 0.393 e. The summed E-state index contributed by atoms with van der Waals surface area (Å²) in [4.78, 5) is 0. The molecule has 0 bridgehead atoms. The molecule has 0 aromatic heterocycles. The van der Waals surface area contributed by atoms with Crippen LogP contribution in [0.5, 0.6) is 0 Å². The van der Waals surface area contributed by atoms with Crippen molar-refractivity contribution >= 4 is 0 Å². The van der Waals surface area contributed by atoms with Crippen molar-refractivity contribution in [2.24, 2.45) is 0 Å². The lowest BCUT2D eigenvalue weighted by molar-refractivity contribution is 0.194. The Morgan fingerprint density at radius 3 is 2.64 bits per heavy atom. The minimum atomic E-state index is -0.226. The monoisotopic (exact) mass is 190 g/mol. The lowest BCUT2D eigenvalue weighted by Crippen LogP contribution is -2.13. The van der Waals surface area contributed by atoms with Gasteiger partial charge in [0.1, 0.15) is 0 Å². The predicted octanol–water partition coefficient (Wildman–Crippen LogP) is 2.88. The highest BCUT2D eigenvalue weighted by Gasteiger charge is 2.21. The third-order valence-corrected chi connectivity index (χ3v) is 3.12. The Morgan fingerprint density at radius 2 is 2.07 bits per heavy atom. The summed E-state index contributed by atoms with van der Waals surface area (Å²) >= 11 is 0.